The maximum absolute atomic E-state index is 6.51. The van der Waals surface area contributed by atoms with Gasteiger partial charge in [0.15, 0.2) is 0 Å². The molecule has 2 fully saturated rings. The number of hydrogen-bond acceptors (Lipinski definition) is 3. The van der Waals surface area contributed by atoms with Crippen LogP contribution < -0.4 is 0 Å². The Morgan fingerprint density at radius 2 is 1.57 bits per heavy atom. The van der Waals surface area contributed by atoms with Crippen LogP contribution in [-0.2, 0) is 15.1 Å². The SMILES string of the molecule is CC1(C)OC(c2ccncc2)(c2ccc(Cl)cc2)C2OC21. The van der Waals surface area contributed by atoms with Gasteiger partial charge in [-0.25, -0.2) is 0 Å². The molecule has 0 N–H and O–H groups in total. The van der Waals surface area contributed by atoms with Crippen molar-refractivity contribution in [3.05, 3.63) is 64.9 Å². The summed E-state index contributed by atoms with van der Waals surface area (Å²) in [6.07, 6.45) is 3.75. The van der Waals surface area contributed by atoms with Crippen molar-refractivity contribution in [1.29, 1.82) is 0 Å². The molecule has 0 saturated carbocycles. The Bertz CT molecular complexity index is 671. The maximum Gasteiger partial charge on any atom is 0.148 e. The van der Waals surface area contributed by atoms with E-state index in [2.05, 4.69) is 18.8 Å². The predicted molar refractivity (Wildman–Crippen MR) is 80.3 cm³/mol. The Kier molecular flexibility index (Phi) is 2.71. The highest BCUT2D eigenvalue weighted by atomic mass is 35.5. The molecule has 0 amide bonds. The van der Waals surface area contributed by atoms with Crippen molar-refractivity contribution in [1.82, 2.24) is 4.98 Å². The molecule has 3 atom stereocenters. The minimum atomic E-state index is -0.582. The van der Waals surface area contributed by atoms with E-state index in [0.29, 0.717) is 5.02 Å². The number of hydrogen-bond donors (Lipinski definition) is 0. The van der Waals surface area contributed by atoms with Gasteiger partial charge in [0.1, 0.15) is 17.8 Å². The highest BCUT2D eigenvalue weighted by Crippen LogP contribution is 2.59. The summed E-state index contributed by atoms with van der Waals surface area (Å²) in [4.78, 5) is 4.11. The fourth-order valence-corrected chi connectivity index (χ4v) is 3.52. The third-order valence-corrected chi connectivity index (χ3v) is 4.64. The summed E-state index contributed by atoms with van der Waals surface area (Å²) in [5.41, 5.74) is 1.24. The van der Waals surface area contributed by atoms with E-state index in [1.807, 2.05) is 36.4 Å². The molecule has 4 rings (SSSR count). The van der Waals surface area contributed by atoms with Crippen LogP contribution in [0.2, 0.25) is 5.02 Å². The summed E-state index contributed by atoms with van der Waals surface area (Å²) in [7, 11) is 0. The first-order chi connectivity index (χ1) is 10.0. The van der Waals surface area contributed by atoms with Crippen LogP contribution >= 0.6 is 11.6 Å². The third kappa shape index (κ3) is 1.85. The van der Waals surface area contributed by atoms with Gasteiger partial charge in [0.2, 0.25) is 0 Å². The minimum absolute atomic E-state index is 0.0380. The highest BCUT2D eigenvalue weighted by Gasteiger charge is 2.71. The lowest BCUT2D eigenvalue weighted by Gasteiger charge is -2.35. The molecule has 2 aromatic rings. The number of aromatic nitrogens is 1. The van der Waals surface area contributed by atoms with Crippen LogP contribution in [-0.4, -0.2) is 22.8 Å². The zero-order valence-electron chi connectivity index (χ0n) is 11.9. The zero-order chi connectivity index (χ0) is 14.7. The number of fused-ring (bicyclic) bond motifs is 1. The van der Waals surface area contributed by atoms with Crippen LogP contribution in [0.25, 0.3) is 0 Å². The largest absolute Gasteiger partial charge is 0.363 e. The second-order valence-electron chi connectivity index (χ2n) is 6.16. The number of ether oxygens (including phenoxy) is 2. The van der Waals surface area contributed by atoms with E-state index in [9.17, 15) is 0 Å². The first kappa shape index (κ1) is 13.3. The van der Waals surface area contributed by atoms with E-state index < -0.39 is 5.60 Å². The van der Waals surface area contributed by atoms with Gasteiger partial charge < -0.3 is 9.47 Å². The van der Waals surface area contributed by atoms with Gasteiger partial charge in [-0.1, -0.05) is 23.7 Å². The third-order valence-electron chi connectivity index (χ3n) is 4.38. The molecule has 2 aliphatic heterocycles. The van der Waals surface area contributed by atoms with E-state index in [1.54, 1.807) is 12.4 Å². The second-order valence-corrected chi connectivity index (χ2v) is 6.60. The average Bonchev–Trinajstić information content (AvgIpc) is 3.24. The van der Waals surface area contributed by atoms with E-state index in [1.165, 1.54) is 0 Å². The minimum Gasteiger partial charge on any atom is -0.363 e. The smallest absolute Gasteiger partial charge is 0.148 e. The molecule has 0 spiro atoms. The van der Waals surface area contributed by atoms with Gasteiger partial charge in [0.25, 0.3) is 0 Å². The standard InChI is InChI=1S/C17H16ClNO2/c1-16(2)14-15(20-14)17(21-16,12-7-9-19-10-8-12)11-3-5-13(18)6-4-11/h3-10,14-15H,1-2H3. The number of pyridine rings is 1. The molecule has 0 bridgehead atoms. The van der Waals surface area contributed by atoms with E-state index in [4.69, 9.17) is 21.1 Å². The normalized spacial score (nSPS) is 32.7. The Hall–Kier alpha value is -1.42. The summed E-state index contributed by atoms with van der Waals surface area (Å²) in [6.45, 7) is 4.16. The lowest BCUT2D eigenvalue weighted by atomic mass is 9.84. The predicted octanol–water partition coefficient (Wildman–Crippen LogP) is 3.55. The molecule has 2 saturated heterocycles. The zero-order valence-corrected chi connectivity index (χ0v) is 12.7. The molecule has 3 unspecified atom stereocenters. The van der Waals surface area contributed by atoms with Crippen molar-refractivity contribution in [3.8, 4) is 0 Å². The molecule has 3 nitrogen and oxygen atoms in total. The van der Waals surface area contributed by atoms with Gasteiger partial charge in [-0.15, -0.1) is 0 Å². The van der Waals surface area contributed by atoms with Crippen molar-refractivity contribution >= 4 is 11.6 Å². The molecule has 21 heavy (non-hydrogen) atoms. The number of benzene rings is 1. The number of epoxide rings is 1. The van der Waals surface area contributed by atoms with E-state index >= 15 is 0 Å². The van der Waals surface area contributed by atoms with Gasteiger partial charge in [-0.2, -0.15) is 0 Å². The van der Waals surface area contributed by atoms with Crippen LogP contribution in [0.5, 0.6) is 0 Å². The maximum atomic E-state index is 6.51. The molecule has 3 heterocycles. The van der Waals surface area contributed by atoms with Crippen molar-refractivity contribution < 1.29 is 9.47 Å². The first-order valence-corrected chi connectivity index (χ1v) is 7.44. The van der Waals surface area contributed by atoms with Crippen molar-refractivity contribution in [2.24, 2.45) is 0 Å². The Morgan fingerprint density at radius 1 is 0.952 bits per heavy atom. The van der Waals surface area contributed by atoms with Gasteiger partial charge in [0.05, 0.1) is 5.60 Å². The van der Waals surface area contributed by atoms with Gasteiger partial charge >= 0.3 is 0 Å². The van der Waals surface area contributed by atoms with Gasteiger partial charge in [0, 0.05) is 17.4 Å². The molecular weight excluding hydrogens is 286 g/mol. The number of nitrogens with zero attached hydrogens (tertiary/aromatic N) is 1. The lowest BCUT2D eigenvalue weighted by Crippen LogP contribution is -2.38. The molecule has 108 valence electrons. The summed E-state index contributed by atoms with van der Waals surface area (Å²) in [5.74, 6) is 0. The first-order valence-electron chi connectivity index (χ1n) is 7.06. The highest BCUT2D eigenvalue weighted by molar-refractivity contribution is 6.30. The van der Waals surface area contributed by atoms with Crippen LogP contribution in [0.4, 0.5) is 0 Å². The number of halogens is 1. The monoisotopic (exact) mass is 301 g/mol. The molecular formula is C17H16ClNO2. The summed E-state index contributed by atoms with van der Waals surface area (Å²) in [5, 5.41) is 0.717. The van der Waals surface area contributed by atoms with Gasteiger partial charge in [-0.3, -0.25) is 4.98 Å². The van der Waals surface area contributed by atoms with Crippen LogP contribution in [0.15, 0.2) is 48.8 Å². The van der Waals surface area contributed by atoms with E-state index in [0.717, 1.165) is 11.1 Å². The second kappa shape index (κ2) is 4.29. The lowest BCUT2D eigenvalue weighted by molar-refractivity contribution is -0.130. The van der Waals surface area contributed by atoms with Crippen molar-refractivity contribution in [2.45, 2.75) is 37.3 Å². The summed E-state index contributed by atoms with van der Waals surface area (Å²) < 4.78 is 12.5. The Balaban J connectivity index is 1.90. The molecule has 2 aliphatic rings. The summed E-state index contributed by atoms with van der Waals surface area (Å²) >= 11 is 6.03. The molecule has 0 radical (unpaired) electrons. The fraction of sp³-hybridized carbons (Fsp3) is 0.353. The van der Waals surface area contributed by atoms with Crippen LogP contribution in [0.3, 0.4) is 0 Å². The van der Waals surface area contributed by atoms with Crippen molar-refractivity contribution in [3.63, 3.8) is 0 Å². The Morgan fingerprint density at radius 3 is 2.10 bits per heavy atom. The number of rotatable bonds is 2. The van der Waals surface area contributed by atoms with Crippen LogP contribution in [0.1, 0.15) is 25.0 Å². The molecule has 1 aromatic heterocycles. The van der Waals surface area contributed by atoms with E-state index in [-0.39, 0.29) is 17.8 Å². The van der Waals surface area contributed by atoms with Gasteiger partial charge in [-0.05, 0) is 49.2 Å². The quantitative estimate of drug-likeness (QED) is 0.796. The molecule has 1 aromatic carbocycles. The average molecular weight is 302 g/mol. The topological polar surface area (TPSA) is 34.6 Å². The Labute approximate surface area is 128 Å². The fourth-order valence-electron chi connectivity index (χ4n) is 3.39. The summed E-state index contributed by atoms with van der Waals surface area (Å²) in [6, 6.07) is 11.8. The van der Waals surface area contributed by atoms with Crippen molar-refractivity contribution in [2.75, 3.05) is 0 Å². The van der Waals surface area contributed by atoms with Crippen LogP contribution in [0, 0.1) is 0 Å². The molecule has 4 heteroatoms. The molecule has 0 aliphatic carbocycles.